The summed E-state index contributed by atoms with van der Waals surface area (Å²) in [5.41, 5.74) is 3.82. The second kappa shape index (κ2) is 2.92. The van der Waals surface area contributed by atoms with Crippen molar-refractivity contribution in [2.75, 3.05) is 0 Å². The molecule has 0 aromatic carbocycles. The van der Waals surface area contributed by atoms with E-state index in [0.717, 1.165) is 0 Å². The Morgan fingerprint density at radius 2 is 2.22 bits per heavy atom. The first-order valence-electron chi connectivity index (χ1n) is 2.85. The van der Waals surface area contributed by atoms with Gasteiger partial charge in [0.2, 0.25) is 0 Å². The Bertz CT molecular complexity index is 97.7. The van der Waals surface area contributed by atoms with Gasteiger partial charge in [-0.3, -0.25) is 0 Å². The fourth-order valence-electron chi connectivity index (χ4n) is 0.609. The van der Waals surface area contributed by atoms with Crippen LogP contribution in [-0.4, -0.2) is 18.0 Å². The van der Waals surface area contributed by atoms with Crippen molar-refractivity contribution < 1.29 is 9.18 Å². The van der Waals surface area contributed by atoms with Crippen LogP contribution in [0, 0.1) is 0 Å². The summed E-state index contributed by atoms with van der Waals surface area (Å²) in [7, 11) is 0. The fraction of sp³-hybridized carbons (Fsp3) is 0.833. The predicted octanol–water partition coefficient (Wildman–Crippen LogP) is 0.651. The fourth-order valence-corrected chi connectivity index (χ4v) is 0.609. The standard InChI is InChI=1S/C6H12FNO/c1-6(2,7)3-5(8)4-9/h4-5H,3,8H2,1-2H3/t5-/m0/s1. The molecule has 0 spiro atoms. The molecule has 54 valence electrons. The van der Waals surface area contributed by atoms with E-state index in [1.165, 1.54) is 13.8 Å². The van der Waals surface area contributed by atoms with Crippen LogP contribution in [0.15, 0.2) is 0 Å². The molecule has 2 nitrogen and oxygen atoms in total. The summed E-state index contributed by atoms with van der Waals surface area (Å²) in [5.74, 6) is 0. The SMILES string of the molecule is CC(C)(F)C[C@H](N)C=O. The van der Waals surface area contributed by atoms with Crippen LogP contribution in [0.25, 0.3) is 0 Å². The topological polar surface area (TPSA) is 43.1 Å². The highest BCUT2D eigenvalue weighted by molar-refractivity contribution is 5.57. The molecular formula is C6H12FNO. The van der Waals surface area contributed by atoms with Crippen LogP contribution in [0.5, 0.6) is 0 Å². The normalized spacial score (nSPS) is 15.1. The number of carbonyl (C=O) groups is 1. The van der Waals surface area contributed by atoms with Crippen LogP contribution in [0.1, 0.15) is 20.3 Å². The van der Waals surface area contributed by atoms with Gasteiger partial charge in [0, 0.05) is 6.42 Å². The zero-order chi connectivity index (χ0) is 7.49. The number of rotatable bonds is 3. The average Bonchev–Trinajstić information content (AvgIpc) is 1.62. The van der Waals surface area contributed by atoms with Crippen molar-refractivity contribution in [2.24, 2.45) is 5.73 Å². The van der Waals surface area contributed by atoms with Gasteiger partial charge in [-0.25, -0.2) is 4.39 Å². The molecule has 0 aromatic rings. The summed E-state index contributed by atoms with van der Waals surface area (Å²) >= 11 is 0. The third-order valence-corrected chi connectivity index (χ3v) is 0.896. The first-order chi connectivity index (χ1) is 3.95. The minimum atomic E-state index is -1.33. The Labute approximate surface area is 54.2 Å². The molecule has 0 saturated carbocycles. The van der Waals surface area contributed by atoms with Gasteiger partial charge in [-0.2, -0.15) is 0 Å². The van der Waals surface area contributed by atoms with Gasteiger partial charge in [0.1, 0.15) is 12.0 Å². The maximum Gasteiger partial charge on any atom is 0.136 e. The summed E-state index contributed by atoms with van der Waals surface area (Å²) in [6.45, 7) is 2.80. The number of halogens is 1. The molecular weight excluding hydrogens is 121 g/mol. The minimum absolute atomic E-state index is 0.0938. The van der Waals surface area contributed by atoms with E-state index < -0.39 is 11.7 Å². The zero-order valence-electron chi connectivity index (χ0n) is 5.73. The highest BCUT2D eigenvalue weighted by atomic mass is 19.1. The molecule has 0 aliphatic rings. The highest BCUT2D eigenvalue weighted by Gasteiger charge is 2.18. The molecule has 2 N–H and O–H groups in total. The largest absolute Gasteiger partial charge is 0.322 e. The van der Waals surface area contributed by atoms with Crippen molar-refractivity contribution in [2.45, 2.75) is 32.0 Å². The summed E-state index contributed by atoms with van der Waals surface area (Å²) in [5, 5.41) is 0. The molecule has 0 rings (SSSR count). The predicted molar refractivity (Wildman–Crippen MR) is 33.8 cm³/mol. The van der Waals surface area contributed by atoms with Gasteiger partial charge in [0.15, 0.2) is 0 Å². The van der Waals surface area contributed by atoms with Gasteiger partial charge in [-0.1, -0.05) is 0 Å². The van der Waals surface area contributed by atoms with Crippen molar-refractivity contribution in [1.29, 1.82) is 0 Å². The van der Waals surface area contributed by atoms with E-state index >= 15 is 0 Å². The number of nitrogens with two attached hydrogens (primary N) is 1. The summed E-state index contributed by atoms with van der Waals surface area (Å²) < 4.78 is 12.6. The average molecular weight is 133 g/mol. The minimum Gasteiger partial charge on any atom is -0.322 e. The molecule has 0 heterocycles. The third-order valence-electron chi connectivity index (χ3n) is 0.896. The van der Waals surface area contributed by atoms with Crippen molar-refractivity contribution in [3.8, 4) is 0 Å². The quantitative estimate of drug-likeness (QED) is 0.574. The van der Waals surface area contributed by atoms with Gasteiger partial charge in [0.05, 0.1) is 6.04 Å². The van der Waals surface area contributed by atoms with Crippen LogP contribution in [-0.2, 0) is 4.79 Å². The van der Waals surface area contributed by atoms with Crippen molar-refractivity contribution in [3.05, 3.63) is 0 Å². The van der Waals surface area contributed by atoms with Crippen LogP contribution >= 0.6 is 0 Å². The van der Waals surface area contributed by atoms with E-state index in [2.05, 4.69) is 0 Å². The third kappa shape index (κ3) is 5.43. The van der Waals surface area contributed by atoms with E-state index in [1.807, 2.05) is 0 Å². The molecule has 0 radical (unpaired) electrons. The molecule has 1 atom stereocenters. The molecule has 0 saturated heterocycles. The smallest absolute Gasteiger partial charge is 0.136 e. The number of aldehydes is 1. The van der Waals surface area contributed by atoms with Gasteiger partial charge >= 0.3 is 0 Å². The summed E-state index contributed by atoms with van der Waals surface area (Å²) in [6.07, 6.45) is 0.651. The molecule has 0 fully saturated rings. The molecule has 0 aromatic heterocycles. The van der Waals surface area contributed by atoms with Crippen molar-refractivity contribution >= 4 is 6.29 Å². The summed E-state index contributed by atoms with van der Waals surface area (Å²) in [4.78, 5) is 9.89. The Balaban J connectivity index is 3.59. The molecule has 0 aliphatic heterocycles. The lowest BCUT2D eigenvalue weighted by molar-refractivity contribution is -0.109. The zero-order valence-corrected chi connectivity index (χ0v) is 5.73. The van der Waals surface area contributed by atoms with Gasteiger partial charge in [-0.05, 0) is 13.8 Å². The van der Waals surface area contributed by atoms with Crippen LogP contribution in [0.2, 0.25) is 0 Å². The van der Waals surface area contributed by atoms with Crippen molar-refractivity contribution in [3.63, 3.8) is 0 Å². The Morgan fingerprint density at radius 1 is 1.78 bits per heavy atom. The second-order valence-electron chi connectivity index (χ2n) is 2.72. The molecule has 3 heteroatoms. The Kier molecular flexibility index (Phi) is 2.77. The Hall–Kier alpha value is -0.440. The van der Waals surface area contributed by atoms with E-state index in [-0.39, 0.29) is 6.42 Å². The second-order valence-corrected chi connectivity index (χ2v) is 2.72. The lowest BCUT2D eigenvalue weighted by atomic mass is 10.0. The van der Waals surface area contributed by atoms with E-state index in [9.17, 15) is 9.18 Å². The maximum atomic E-state index is 12.6. The molecule has 9 heavy (non-hydrogen) atoms. The highest BCUT2D eigenvalue weighted by Crippen LogP contribution is 2.13. The van der Waals surface area contributed by atoms with Gasteiger partial charge < -0.3 is 10.5 Å². The van der Waals surface area contributed by atoms with Crippen LogP contribution in [0.4, 0.5) is 4.39 Å². The van der Waals surface area contributed by atoms with Gasteiger partial charge in [-0.15, -0.1) is 0 Å². The molecule has 0 bridgehead atoms. The number of alkyl halides is 1. The van der Waals surface area contributed by atoms with E-state index in [0.29, 0.717) is 6.29 Å². The molecule has 0 unspecified atom stereocenters. The number of carbonyl (C=O) groups excluding carboxylic acids is 1. The van der Waals surface area contributed by atoms with Crippen LogP contribution in [0.3, 0.4) is 0 Å². The monoisotopic (exact) mass is 133 g/mol. The summed E-state index contributed by atoms with van der Waals surface area (Å²) in [6, 6.07) is -0.662. The lowest BCUT2D eigenvalue weighted by Crippen LogP contribution is -2.30. The molecule has 0 aliphatic carbocycles. The number of hydrogen-bond donors (Lipinski definition) is 1. The van der Waals surface area contributed by atoms with Crippen LogP contribution < -0.4 is 5.73 Å². The van der Waals surface area contributed by atoms with Crippen molar-refractivity contribution in [1.82, 2.24) is 0 Å². The number of hydrogen-bond acceptors (Lipinski definition) is 2. The maximum absolute atomic E-state index is 12.6. The van der Waals surface area contributed by atoms with E-state index in [1.54, 1.807) is 0 Å². The van der Waals surface area contributed by atoms with Gasteiger partial charge in [0.25, 0.3) is 0 Å². The Morgan fingerprint density at radius 3 is 2.33 bits per heavy atom. The first-order valence-corrected chi connectivity index (χ1v) is 2.85. The molecule has 0 amide bonds. The first kappa shape index (κ1) is 8.56. The van der Waals surface area contributed by atoms with E-state index in [4.69, 9.17) is 5.73 Å². The lowest BCUT2D eigenvalue weighted by Gasteiger charge is -2.14.